The Labute approximate surface area is 118 Å². The Morgan fingerprint density at radius 1 is 1.42 bits per heavy atom. The first-order valence-electron chi connectivity index (χ1n) is 6.50. The third-order valence-electron chi connectivity index (χ3n) is 3.47. The van der Waals surface area contributed by atoms with Crippen LogP contribution in [0.5, 0.6) is 0 Å². The van der Waals surface area contributed by atoms with Crippen LogP contribution < -0.4 is 16.4 Å². The number of nitrogens with two attached hydrogens (primary N) is 1. The van der Waals surface area contributed by atoms with Crippen LogP contribution in [-0.4, -0.2) is 17.1 Å². The van der Waals surface area contributed by atoms with Gasteiger partial charge in [-0.15, -0.1) is 0 Å². The monoisotopic (exact) mass is 277 g/mol. The maximum absolute atomic E-state index is 11.9. The highest BCUT2D eigenvalue weighted by Crippen LogP contribution is 2.26. The summed E-state index contributed by atoms with van der Waals surface area (Å²) in [4.78, 5) is 12.4. The highest BCUT2D eigenvalue weighted by molar-refractivity contribution is 7.80. The molecule has 1 aromatic carbocycles. The van der Waals surface area contributed by atoms with Gasteiger partial charge in [0.15, 0.2) is 0 Å². The van der Waals surface area contributed by atoms with Crippen LogP contribution in [0.25, 0.3) is 0 Å². The highest BCUT2D eigenvalue weighted by atomic mass is 32.1. The van der Waals surface area contributed by atoms with Crippen LogP contribution in [0, 0.1) is 12.8 Å². The van der Waals surface area contributed by atoms with Gasteiger partial charge in [-0.2, -0.15) is 0 Å². The largest absolute Gasteiger partial charge is 0.393 e. The summed E-state index contributed by atoms with van der Waals surface area (Å²) in [6, 6.07) is 7.56. The van der Waals surface area contributed by atoms with E-state index in [2.05, 4.69) is 10.6 Å². The van der Waals surface area contributed by atoms with Crippen molar-refractivity contribution in [3.05, 3.63) is 29.8 Å². The zero-order valence-corrected chi connectivity index (χ0v) is 11.8. The van der Waals surface area contributed by atoms with Gasteiger partial charge in [-0.3, -0.25) is 0 Å². The van der Waals surface area contributed by atoms with E-state index < -0.39 is 0 Å². The second-order valence-electron chi connectivity index (χ2n) is 5.01. The van der Waals surface area contributed by atoms with Crippen molar-refractivity contribution < 1.29 is 4.79 Å². The minimum absolute atomic E-state index is 0.0577. The molecule has 1 aromatic rings. The molecule has 1 fully saturated rings. The average molecular weight is 277 g/mol. The molecule has 0 heterocycles. The SMILES string of the molecule is Cc1cccc(NC(=O)NC2CCCC2C(N)=S)c1. The van der Waals surface area contributed by atoms with E-state index in [-0.39, 0.29) is 18.0 Å². The molecule has 1 saturated carbocycles. The highest BCUT2D eigenvalue weighted by Gasteiger charge is 2.30. The van der Waals surface area contributed by atoms with E-state index in [0.717, 1.165) is 30.5 Å². The summed E-state index contributed by atoms with van der Waals surface area (Å²) in [7, 11) is 0. The Bertz CT molecular complexity index is 489. The third kappa shape index (κ3) is 3.67. The first kappa shape index (κ1) is 13.8. The number of thiocarbonyl (C=S) groups is 1. The summed E-state index contributed by atoms with van der Waals surface area (Å²) < 4.78 is 0. The fourth-order valence-electron chi connectivity index (χ4n) is 2.53. The maximum atomic E-state index is 11.9. The van der Waals surface area contributed by atoms with Crippen molar-refractivity contribution in [1.29, 1.82) is 0 Å². The molecule has 0 saturated heterocycles. The molecule has 2 rings (SSSR count). The Hall–Kier alpha value is -1.62. The number of urea groups is 1. The first-order chi connectivity index (χ1) is 9.06. The summed E-state index contributed by atoms with van der Waals surface area (Å²) in [5.74, 6) is 0.123. The zero-order chi connectivity index (χ0) is 13.8. The van der Waals surface area contributed by atoms with Crippen LogP contribution >= 0.6 is 12.2 Å². The van der Waals surface area contributed by atoms with Crippen LogP contribution in [0.15, 0.2) is 24.3 Å². The summed E-state index contributed by atoms with van der Waals surface area (Å²) in [6.07, 6.45) is 2.95. The van der Waals surface area contributed by atoms with Crippen molar-refractivity contribution in [3.63, 3.8) is 0 Å². The summed E-state index contributed by atoms with van der Waals surface area (Å²) in [6.45, 7) is 1.99. The lowest BCUT2D eigenvalue weighted by atomic mass is 10.0. The molecule has 19 heavy (non-hydrogen) atoms. The van der Waals surface area contributed by atoms with E-state index >= 15 is 0 Å². The van der Waals surface area contributed by atoms with Crippen molar-refractivity contribution >= 4 is 28.9 Å². The average Bonchev–Trinajstić information content (AvgIpc) is 2.76. The zero-order valence-electron chi connectivity index (χ0n) is 11.0. The van der Waals surface area contributed by atoms with E-state index in [1.165, 1.54) is 0 Å². The number of carbonyl (C=O) groups is 1. The molecule has 0 aromatic heterocycles. The number of rotatable bonds is 3. The summed E-state index contributed by atoms with van der Waals surface area (Å²) >= 11 is 5.04. The summed E-state index contributed by atoms with van der Waals surface area (Å²) in [5.41, 5.74) is 7.60. The van der Waals surface area contributed by atoms with Crippen molar-refractivity contribution in [1.82, 2.24) is 5.32 Å². The van der Waals surface area contributed by atoms with Crippen molar-refractivity contribution in [2.45, 2.75) is 32.2 Å². The Balaban J connectivity index is 1.92. The van der Waals surface area contributed by atoms with E-state index in [1.54, 1.807) is 0 Å². The molecule has 2 unspecified atom stereocenters. The Morgan fingerprint density at radius 2 is 2.21 bits per heavy atom. The fourth-order valence-corrected chi connectivity index (χ4v) is 2.81. The minimum atomic E-state index is -0.196. The number of carbonyl (C=O) groups excluding carboxylic acids is 1. The van der Waals surface area contributed by atoms with Crippen LogP contribution in [0.1, 0.15) is 24.8 Å². The molecule has 2 atom stereocenters. The van der Waals surface area contributed by atoms with Gasteiger partial charge < -0.3 is 16.4 Å². The van der Waals surface area contributed by atoms with Gasteiger partial charge in [0.25, 0.3) is 0 Å². The number of anilines is 1. The number of aryl methyl sites for hydroxylation is 1. The standard InChI is InChI=1S/C14H19N3OS/c1-9-4-2-5-10(8-9)16-14(18)17-12-7-3-6-11(12)13(15)19/h2,4-5,8,11-12H,3,6-7H2,1H3,(H2,15,19)(H2,16,17,18). The molecule has 2 amide bonds. The van der Waals surface area contributed by atoms with Crippen molar-refractivity contribution in [2.24, 2.45) is 11.7 Å². The maximum Gasteiger partial charge on any atom is 0.319 e. The Morgan fingerprint density at radius 3 is 2.89 bits per heavy atom. The smallest absolute Gasteiger partial charge is 0.319 e. The van der Waals surface area contributed by atoms with E-state index in [0.29, 0.717) is 4.99 Å². The van der Waals surface area contributed by atoms with Crippen molar-refractivity contribution in [2.75, 3.05) is 5.32 Å². The molecular weight excluding hydrogens is 258 g/mol. The quantitative estimate of drug-likeness (QED) is 0.744. The van der Waals surface area contributed by atoms with E-state index in [1.807, 2.05) is 31.2 Å². The third-order valence-corrected chi connectivity index (χ3v) is 3.78. The van der Waals surface area contributed by atoms with E-state index in [9.17, 15) is 4.79 Å². The molecule has 0 radical (unpaired) electrons. The first-order valence-corrected chi connectivity index (χ1v) is 6.90. The fraction of sp³-hybridized carbons (Fsp3) is 0.429. The van der Waals surface area contributed by atoms with Gasteiger partial charge in [0, 0.05) is 17.6 Å². The molecule has 0 spiro atoms. The van der Waals surface area contributed by atoms with Gasteiger partial charge in [-0.25, -0.2) is 4.79 Å². The van der Waals surface area contributed by atoms with Crippen LogP contribution in [0.4, 0.5) is 10.5 Å². The lowest BCUT2D eigenvalue weighted by Crippen LogP contribution is -2.43. The molecular formula is C14H19N3OS. The second kappa shape index (κ2) is 6.02. The number of amides is 2. The summed E-state index contributed by atoms with van der Waals surface area (Å²) in [5, 5.41) is 5.80. The van der Waals surface area contributed by atoms with E-state index in [4.69, 9.17) is 18.0 Å². The molecule has 0 aliphatic heterocycles. The molecule has 5 heteroatoms. The predicted molar refractivity (Wildman–Crippen MR) is 81.2 cm³/mol. The predicted octanol–water partition coefficient (Wildman–Crippen LogP) is 2.57. The molecule has 4 N–H and O–H groups in total. The molecule has 4 nitrogen and oxygen atoms in total. The normalized spacial score (nSPS) is 21.9. The van der Waals surface area contributed by atoms with Gasteiger partial charge in [-0.05, 0) is 37.5 Å². The molecule has 102 valence electrons. The van der Waals surface area contributed by atoms with Crippen molar-refractivity contribution in [3.8, 4) is 0 Å². The minimum Gasteiger partial charge on any atom is -0.393 e. The van der Waals surface area contributed by atoms with Gasteiger partial charge in [0.05, 0.1) is 4.99 Å². The number of benzene rings is 1. The molecule has 1 aliphatic carbocycles. The van der Waals surface area contributed by atoms with Crippen LogP contribution in [0.3, 0.4) is 0 Å². The molecule has 0 bridgehead atoms. The lowest BCUT2D eigenvalue weighted by Gasteiger charge is -2.20. The second-order valence-corrected chi connectivity index (χ2v) is 5.49. The number of hydrogen-bond donors (Lipinski definition) is 3. The number of nitrogens with one attached hydrogen (secondary N) is 2. The van der Waals surface area contributed by atoms with Gasteiger partial charge in [-0.1, -0.05) is 30.8 Å². The topological polar surface area (TPSA) is 67.2 Å². The van der Waals surface area contributed by atoms with Gasteiger partial charge in [0.2, 0.25) is 0 Å². The van der Waals surface area contributed by atoms with Gasteiger partial charge >= 0.3 is 6.03 Å². The Kier molecular flexibility index (Phi) is 4.37. The lowest BCUT2D eigenvalue weighted by molar-refractivity contribution is 0.247. The van der Waals surface area contributed by atoms with Crippen LogP contribution in [0.2, 0.25) is 0 Å². The molecule has 1 aliphatic rings. The van der Waals surface area contributed by atoms with Gasteiger partial charge in [0.1, 0.15) is 0 Å². The van der Waals surface area contributed by atoms with Crippen LogP contribution in [-0.2, 0) is 0 Å². The number of hydrogen-bond acceptors (Lipinski definition) is 2.